The van der Waals surface area contributed by atoms with Gasteiger partial charge in [-0.2, -0.15) is 0 Å². The van der Waals surface area contributed by atoms with E-state index in [1.54, 1.807) is 0 Å². The third-order valence-electron chi connectivity index (χ3n) is 20.1. The summed E-state index contributed by atoms with van der Waals surface area (Å²) in [6, 6.07) is 86.3. The topological polar surface area (TPSA) is 22.6 Å². The summed E-state index contributed by atoms with van der Waals surface area (Å²) >= 11 is 0. The van der Waals surface area contributed by atoms with Gasteiger partial charge in [-0.1, -0.05) is 209 Å². The minimum absolute atomic E-state index is 0.0498. The fraction of sp³-hybridized carbons (Fsp3) is 0.160. The summed E-state index contributed by atoms with van der Waals surface area (Å²) in [6.07, 6.45) is 15.7. The zero-order chi connectivity index (χ0) is 54.0. The first-order valence-electron chi connectivity index (χ1n) is 29.5. The highest BCUT2D eigenvalue weighted by atomic mass is 28.3. The van der Waals surface area contributed by atoms with E-state index in [-0.39, 0.29) is 17.7 Å². The molecule has 16 rings (SSSR count). The maximum Gasteiger partial charge on any atom is 0.251 e. The van der Waals surface area contributed by atoms with Gasteiger partial charge >= 0.3 is 0 Å². The van der Waals surface area contributed by atoms with Gasteiger partial charge in [-0.25, -0.2) is 0 Å². The molecular formula is C75H63BN4Si. The van der Waals surface area contributed by atoms with Crippen LogP contribution in [0.1, 0.15) is 70.4 Å². The van der Waals surface area contributed by atoms with Gasteiger partial charge in [0, 0.05) is 56.9 Å². The standard InChI is InChI=1S/C75H63BN4Si/c1-4-51-26-14-15-33-57(51)58-34-16-18-37-62(58)78-65-39-24-41-69-72(65)76-71-67(78)49-54(80-64-44-43-53(52-27-8-5-9-28-52)48-60(64)74(2)45-21-22-46-75(74,80)3)50-68(71)79(63-38-19-17-35-59(63)61-36-20-23-47-77-61)66-40-25-42-70(73(66)76)81(69,55-29-10-6-11-30-55)56-31-12-7-13-32-56/h5-20,23-25,27-44,47-51H,4,21-22,26,45-46H2,1-3H3. The van der Waals surface area contributed by atoms with Crippen LogP contribution in [0.2, 0.25) is 0 Å². The minimum Gasteiger partial charge on any atom is -0.334 e. The third kappa shape index (κ3) is 6.74. The first kappa shape index (κ1) is 48.2. The van der Waals surface area contributed by atoms with Crippen LogP contribution in [0.5, 0.6) is 0 Å². The lowest BCUT2D eigenvalue weighted by Crippen LogP contribution is -2.88. The van der Waals surface area contributed by atoms with Gasteiger partial charge in [0.25, 0.3) is 6.71 Å². The maximum absolute atomic E-state index is 5.10. The molecule has 1 aromatic heterocycles. The number of pyridine rings is 1. The van der Waals surface area contributed by atoms with Crippen molar-refractivity contribution in [2.24, 2.45) is 5.92 Å². The Balaban J connectivity index is 1.07. The first-order chi connectivity index (χ1) is 39.9. The van der Waals surface area contributed by atoms with Gasteiger partial charge in [0.15, 0.2) is 8.07 Å². The molecule has 0 bridgehead atoms. The highest BCUT2D eigenvalue weighted by molar-refractivity contribution is 7.27. The van der Waals surface area contributed by atoms with Crippen molar-refractivity contribution in [1.29, 1.82) is 0 Å². The Hall–Kier alpha value is -8.71. The summed E-state index contributed by atoms with van der Waals surface area (Å²) in [6.45, 7) is 7.49. The number of rotatable bonds is 9. The molecule has 0 spiro atoms. The molecule has 0 radical (unpaired) electrons. The van der Waals surface area contributed by atoms with E-state index in [4.69, 9.17) is 4.98 Å². The predicted octanol–water partition coefficient (Wildman–Crippen LogP) is 14.3. The first-order valence-corrected chi connectivity index (χ1v) is 31.5. The molecule has 2 aliphatic carbocycles. The number of anilines is 8. The van der Waals surface area contributed by atoms with Crippen LogP contribution in [0.3, 0.4) is 0 Å². The van der Waals surface area contributed by atoms with Crippen LogP contribution < -0.4 is 51.8 Å². The van der Waals surface area contributed by atoms with Crippen molar-refractivity contribution in [2.75, 3.05) is 14.7 Å². The van der Waals surface area contributed by atoms with Crippen molar-refractivity contribution in [3.63, 3.8) is 0 Å². The van der Waals surface area contributed by atoms with Crippen molar-refractivity contribution in [3.05, 3.63) is 260 Å². The van der Waals surface area contributed by atoms with E-state index in [1.807, 2.05) is 12.3 Å². The van der Waals surface area contributed by atoms with Gasteiger partial charge < -0.3 is 14.7 Å². The SMILES string of the molecule is CCC1CC=CC=C1c1ccccc1N1c2cc(N3c4ccc(-c5ccccc5)cc4C4(C)CCCCC34C)cc3c2B2c4c1cccc4[Si](c1ccccc1)(c1ccccc1)c1cccc(c12)N3c1ccccc1-c1ccccn1. The molecule has 0 amide bonds. The molecule has 9 aromatic carbocycles. The van der Waals surface area contributed by atoms with Crippen LogP contribution in [0.15, 0.2) is 249 Å². The van der Waals surface area contributed by atoms with Gasteiger partial charge in [0.05, 0.1) is 22.6 Å². The summed E-state index contributed by atoms with van der Waals surface area (Å²) in [7, 11) is -3.09. The Morgan fingerprint density at radius 2 is 1.10 bits per heavy atom. The zero-order valence-electron chi connectivity index (χ0n) is 46.4. The van der Waals surface area contributed by atoms with Gasteiger partial charge in [-0.3, -0.25) is 4.98 Å². The minimum atomic E-state index is -3.09. The fourth-order valence-corrected chi connectivity index (χ4v) is 21.6. The summed E-state index contributed by atoms with van der Waals surface area (Å²) in [4.78, 5) is 13.4. The molecule has 3 unspecified atom stereocenters. The normalized spacial score (nSPS) is 20.3. The lowest BCUT2D eigenvalue weighted by atomic mass is 9.33. The largest absolute Gasteiger partial charge is 0.334 e. The van der Waals surface area contributed by atoms with E-state index in [2.05, 4.69) is 272 Å². The molecule has 4 aliphatic heterocycles. The smallest absolute Gasteiger partial charge is 0.251 e. The van der Waals surface area contributed by atoms with E-state index in [0.29, 0.717) is 5.92 Å². The van der Waals surface area contributed by atoms with Gasteiger partial charge in [0.2, 0.25) is 0 Å². The Labute approximate surface area is 478 Å². The summed E-state index contributed by atoms with van der Waals surface area (Å²) in [5, 5.41) is 5.72. The second kappa shape index (κ2) is 18.4. The molecule has 3 atom stereocenters. The average Bonchev–Trinajstić information content (AvgIpc) is 1.38. The Kier molecular flexibility index (Phi) is 11.0. The van der Waals surface area contributed by atoms with Crippen molar-refractivity contribution < 1.29 is 0 Å². The summed E-state index contributed by atoms with van der Waals surface area (Å²) in [5.41, 5.74) is 22.6. The Bertz CT molecular complexity index is 4180. The van der Waals surface area contributed by atoms with Crippen molar-refractivity contribution in [2.45, 2.75) is 70.3 Å². The number of hydrogen-bond donors (Lipinski definition) is 0. The second-order valence-corrected chi connectivity index (χ2v) is 27.6. The molecule has 4 nitrogen and oxygen atoms in total. The molecule has 0 N–H and O–H groups in total. The third-order valence-corrected chi connectivity index (χ3v) is 25.0. The Morgan fingerprint density at radius 3 is 1.74 bits per heavy atom. The second-order valence-electron chi connectivity index (χ2n) is 23.8. The summed E-state index contributed by atoms with van der Waals surface area (Å²) < 4.78 is 0. The number of aromatic nitrogens is 1. The molecular weight excluding hydrogens is 996 g/mol. The summed E-state index contributed by atoms with van der Waals surface area (Å²) in [5.74, 6) is 0.411. The van der Waals surface area contributed by atoms with E-state index in [0.717, 1.165) is 42.6 Å². The number of nitrogens with zero attached hydrogens (tertiary/aromatic N) is 4. The van der Waals surface area contributed by atoms with Crippen LogP contribution in [0.25, 0.3) is 28.0 Å². The van der Waals surface area contributed by atoms with Gasteiger partial charge in [-0.15, -0.1) is 0 Å². The molecule has 81 heavy (non-hydrogen) atoms. The molecule has 6 aliphatic rings. The predicted molar refractivity (Wildman–Crippen MR) is 345 cm³/mol. The fourth-order valence-electron chi connectivity index (χ4n) is 16.3. The Morgan fingerprint density at radius 1 is 0.519 bits per heavy atom. The van der Waals surface area contributed by atoms with Crippen LogP contribution in [-0.4, -0.2) is 25.3 Å². The monoisotopic (exact) mass is 1060 g/mol. The van der Waals surface area contributed by atoms with Crippen molar-refractivity contribution in [3.8, 4) is 22.4 Å². The number of allylic oxidation sites excluding steroid dienone is 4. The maximum atomic E-state index is 5.10. The number of para-hydroxylation sites is 2. The van der Waals surface area contributed by atoms with E-state index >= 15 is 0 Å². The quantitative estimate of drug-likeness (QED) is 0.134. The molecule has 6 heteroatoms. The lowest BCUT2D eigenvalue weighted by Gasteiger charge is -2.53. The molecule has 5 heterocycles. The molecule has 0 saturated heterocycles. The van der Waals surface area contributed by atoms with Crippen LogP contribution in [0.4, 0.5) is 45.5 Å². The highest BCUT2D eigenvalue weighted by Gasteiger charge is 2.60. The number of fused-ring (bicyclic) bond motifs is 3. The van der Waals surface area contributed by atoms with Crippen LogP contribution in [0, 0.1) is 5.92 Å². The van der Waals surface area contributed by atoms with Gasteiger partial charge in [0.1, 0.15) is 0 Å². The number of benzene rings is 9. The highest BCUT2D eigenvalue weighted by Crippen LogP contribution is 2.62. The molecule has 390 valence electrons. The molecule has 1 saturated carbocycles. The van der Waals surface area contributed by atoms with Crippen LogP contribution >= 0.6 is 0 Å². The van der Waals surface area contributed by atoms with E-state index in [9.17, 15) is 0 Å². The van der Waals surface area contributed by atoms with E-state index < -0.39 is 8.07 Å². The molecule has 10 aromatic rings. The van der Waals surface area contributed by atoms with Crippen molar-refractivity contribution in [1.82, 2.24) is 4.98 Å². The molecule has 1 fully saturated rings. The average molecular weight is 1060 g/mol. The number of hydrogen-bond acceptors (Lipinski definition) is 4. The van der Waals surface area contributed by atoms with E-state index in [1.165, 1.54) is 118 Å². The van der Waals surface area contributed by atoms with Gasteiger partial charge in [-0.05, 0) is 159 Å². The van der Waals surface area contributed by atoms with Crippen molar-refractivity contribution >= 4 is 103 Å². The zero-order valence-corrected chi connectivity index (χ0v) is 47.4. The van der Waals surface area contributed by atoms with Crippen LogP contribution in [-0.2, 0) is 5.41 Å². The lowest BCUT2D eigenvalue weighted by molar-refractivity contribution is 0.195.